The predicted molar refractivity (Wildman–Crippen MR) is 55.6 cm³/mol. The smallest absolute Gasteiger partial charge is 0.101 e. The maximum atomic E-state index is 8.93. The number of nitrogens with one attached hydrogen (secondary N) is 1. The zero-order valence-electron chi connectivity index (χ0n) is 7.77. The van der Waals surface area contributed by atoms with E-state index in [1.54, 1.807) is 0 Å². The molecule has 70 valence electrons. The summed E-state index contributed by atoms with van der Waals surface area (Å²) in [5.74, 6) is 0. The van der Waals surface area contributed by atoms with E-state index >= 15 is 0 Å². The normalized spacial score (nSPS) is 15.2. The fourth-order valence-corrected chi connectivity index (χ4v) is 1.49. The van der Waals surface area contributed by atoms with Gasteiger partial charge in [0.05, 0.1) is 17.9 Å². The molecule has 0 aromatic heterocycles. The van der Waals surface area contributed by atoms with Crippen LogP contribution in [0.3, 0.4) is 0 Å². The lowest BCUT2D eigenvalue weighted by Gasteiger charge is -2.24. The SMILES string of the molecule is N#Cc1ccccc1N1C=CCNC1. The van der Waals surface area contributed by atoms with Gasteiger partial charge in [-0.1, -0.05) is 18.2 Å². The molecule has 0 radical (unpaired) electrons. The number of para-hydroxylation sites is 1. The summed E-state index contributed by atoms with van der Waals surface area (Å²) in [5, 5.41) is 12.1. The summed E-state index contributed by atoms with van der Waals surface area (Å²) in [6.07, 6.45) is 4.05. The van der Waals surface area contributed by atoms with Gasteiger partial charge in [0.2, 0.25) is 0 Å². The Morgan fingerprint density at radius 2 is 2.21 bits per heavy atom. The van der Waals surface area contributed by atoms with Crippen LogP contribution >= 0.6 is 0 Å². The molecular formula is C11H11N3. The molecule has 0 unspecified atom stereocenters. The van der Waals surface area contributed by atoms with E-state index in [9.17, 15) is 0 Å². The Morgan fingerprint density at radius 3 is 2.93 bits per heavy atom. The summed E-state index contributed by atoms with van der Waals surface area (Å²) >= 11 is 0. The molecule has 2 rings (SSSR count). The van der Waals surface area contributed by atoms with E-state index in [4.69, 9.17) is 5.26 Å². The van der Waals surface area contributed by atoms with Crippen LogP contribution in [0.25, 0.3) is 0 Å². The second-order valence-electron chi connectivity index (χ2n) is 3.10. The van der Waals surface area contributed by atoms with Crippen LogP contribution in [-0.2, 0) is 0 Å². The second kappa shape index (κ2) is 3.95. The minimum absolute atomic E-state index is 0.709. The lowest BCUT2D eigenvalue weighted by molar-refractivity contribution is 0.721. The molecule has 14 heavy (non-hydrogen) atoms. The minimum atomic E-state index is 0.709. The molecule has 0 amide bonds. The van der Waals surface area contributed by atoms with Gasteiger partial charge in [0.1, 0.15) is 6.07 Å². The monoisotopic (exact) mass is 185 g/mol. The Balaban J connectivity index is 2.35. The van der Waals surface area contributed by atoms with E-state index in [2.05, 4.69) is 11.4 Å². The molecule has 0 saturated carbocycles. The number of nitriles is 1. The maximum absolute atomic E-state index is 8.93. The van der Waals surface area contributed by atoms with Crippen LogP contribution in [0.5, 0.6) is 0 Å². The molecule has 1 aromatic carbocycles. The number of hydrogen-bond acceptors (Lipinski definition) is 3. The Hall–Kier alpha value is -1.79. The van der Waals surface area contributed by atoms with Crippen molar-refractivity contribution in [2.45, 2.75) is 0 Å². The summed E-state index contributed by atoms with van der Waals surface area (Å²) in [6, 6.07) is 9.80. The summed E-state index contributed by atoms with van der Waals surface area (Å²) in [7, 11) is 0. The van der Waals surface area contributed by atoms with Crippen molar-refractivity contribution in [3.63, 3.8) is 0 Å². The van der Waals surface area contributed by atoms with E-state index in [1.807, 2.05) is 41.4 Å². The quantitative estimate of drug-likeness (QED) is 0.719. The lowest BCUT2D eigenvalue weighted by atomic mass is 10.2. The van der Waals surface area contributed by atoms with Gasteiger partial charge in [-0.2, -0.15) is 5.26 Å². The zero-order valence-corrected chi connectivity index (χ0v) is 7.77. The number of benzene rings is 1. The van der Waals surface area contributed by atoms with Crippen molar-refractivity contribution in [1.82, 2.24) is 5.32 Å². The highest BCUT2D eigenvalue weighted by atomic mass is 15.2. The van der Waals surface area contributed by atoms with Crippen LogP contribution in [0.15, 0.2) is 36.5 Å². The fraction of sp³-hybridized carbons (Fsp3) is 0.182. The number of hydrogen-bond donors (Lipinski definition) is 1. The summed E-state index contributed by atoms with van der Waals surface area (Å²) in [5.41, 5.74) is 1.67. The van der Waals surface area contributed by atoms with Gasteiger partial charge < -0.3 is 4.90 Å². The molecule has 1 heterocycles. The van der Waals surface area contributed by atoms with Gasteiger partial charge in [-0.3, -0.25) is 5.32 Å². The van der Waals surface area contributed by atoms with E-state index in [0.717, 1.165) is 18.9 Å². The molecular weight excluding hydrogens is 174 g/mol. The lowest BCUT2D eigenvalue weighted by Crippen LogP contribution is -2.34. The first-order valence-electron chi connectivity index (χ1n) is 4.55. The largest absolute Gasteiger partial charge is 0.334 e. The molecule has 3 heteroatoms. The minimum Gasteiger partial charge on any atom is -0.334 e. The summed E-state index contributed by atoms with van der Waals surface area (Å²) in [4.78, 5) is 2.03. The predicted octanol–water partition coefficient (Wildman–Crippen LogP) is 1.44. The summed E-state index contributed by atoms with van der Waals surface area (Å²) < 4.78 is 0. The van der Waals surface area contributed by atoms with Gasteiger partial charge in [-0.05, 0) is 12.1 Å². The van der Waals surface area contributed by atoms with Crippen LogP contribution in [-0.4, -0.2) is 13.2 Å². The second-order valence-corrected chi connectivity index (χ2v) is 3.10. The molecule has 1 aliphatic rings. The number of nitrogens with zero attached hydrogens (tertiary/aromatic N) is 2. The van der Waals surface area contributed by atoms with Crippen molar-refractivity contribution in [3.05, 3.63) is 42.1 Å². The van der Waals surface area contributed by atoms with Crippen LogP contribution in [0, 0.1) is 11.3 Å². The molecule has 0 fully saturated rings. The molecule has 0 saturated heterocycles. The van der Waals surface area contributed by atoms with Crippen molar-refractivity contribution < 1.29 is 0 Å². The third-order valence-electron chi connectivity index (χ3n) is 2.16. The Morgan fingerprint density at radius 1 is 1.36 bits per heavy atom. The van der Waals surface area contributed by atoms with Crippen LogP contribution in [0.2, 0.25) is 0 Å². The van der Waals surface area contributed by atoms with Gasteiger partial charge in [0.15, 0.2) is 0 Å². The molecule has 1 aliphatic heterocycles. The van der Waals surface area contributed by atoms with Crippen LogP contribution < -0.4 is 10.2 Å². The molecule has 0 spiro atoms. The van der Waals surface area contributed by atoms with E-state index < -0.39 is 0 Å². The maximum Gasteiger partial charge on any atom is 0.101 e. The average molecular weight is 185 g/mol. The molecule has 1 N–H and O–H groups in total. The highest BCUT2D eigenvalue weighted by molar-refractivity contribution is 5.61. The standard InChI is InChI=1S/C11H11N3/c12-8-10-4-1-2-5-11(10)14-7-3-6-13-9-14/h1-5,7,13H,6,9H2. The fourth-order valence-electron chi connectivity index (χ4n) is 1.49. The van der Waals surface area contributed by atoms with E-state index in [1.165, 1.54) is 0 Å². The third kappa shape index (κ3) is 1.61. The summed E-state index contributed by atoms with van der Waals surface area (Å²) in [6.45, 7) is 1.65. The number of anilines is 1. The zero-order chi connectivity index (χ0) is 9.80. The Bertz CT molecular complexity index is 390. The van der Waals surface area contributed by atoms with Gasteiger partial charge in [0, 0.05) is 12.7 Å². The van der Waals surface area contributed by atoms with Crippen LogP contribution in [0.4, 0.5) is 5.69 Å². The first-order chi connectivity index (χ1) is 6.92. The highest BCUT2D eigenvalue weighted by Gasteiger charge is 2.09. The van der Waals surface area contributed by atoms with Crippen molar-refractivity contribution in [1.29, 1.82) is 5.26 Å². The Labute approximate surface area is 83.3 Å². The van der Waals surface area contributed by atoms with Gasteiger partial charge in [-0.25, -0.2) is 0 Å². The Kier molecular flexibility index (Phi) is 2.48. The number of rotatable bonds is 1. The molecule has 1 aromatic rings. The van der Waals surface area contributed by atoms with Gasteiger partial charge >= 0.3 is 0 Å². The highest BCUT2D eigenvalue weighted by Crippen LogP contribution is 2.19. The third-order valence-corrected chi connectivity index (χ3v) is 2.16. The average Bonchev–Trinajstić information content (AvgIpc) is 2.30. The molecule has 3 nitrogen and oxygen atoms in total. The van der Waals surface area contributed by atoms with E-state index in [0.29, 0.717) is 5.56 Å². The van der Waals surface area contributed by atoms with Crippen molar-refractivity contribution in [2.75, 3.05) is 18.1 Å². The molecule has 0 aliphatic carbocycles. The topological polar surface area (TPSA) is 39.1 Å². The van der Waals surface area contributed by atoms with Gasteiger partial charge in [-0.15, -0.1) is 0 Å². The van der Waals surface area contributed by atoms with Crippen LogP contribution in [0.1, 0.15) is 5.56 Å². The van der Waals surface area contributed by atoms with E-state index in [-0.39, 0.29) is 0 Å². The molecule has 0 atom stereocenters. The first kappa shape index (κ1) is 8.79. The van der Waals surface area contributed by atoms with Crippen molar-refractivity contribution >= 4 is 5.69 Å². The van der Waals surface area contributed by atoms with Crippen molar-refractivity contribution in [3.8, 4) is 6.07 Å². The molecule has 0 bridgehead atoms. The van der Waals surface area contributed by atoms with Crippen molar-refractivity contribution in [2.24, 2.45) is 0 Å². The first-order valence-corrected chi connectivity index (χ1v) is 4.55. The van der Waals surface area contributed by atoms with Gasteiger partial charge in [0.25, 0.3) is 0 Å².